The van der Waals surface area contributed by atoms with Gasteiger partial charge in [0.25, 0.3) is 0 Å². The maximum Gasteiger partial charge on any atom is 0.176 e. The minimum Gasteiger partial charge on any atom is -0.351 e. The summed E-state index contributed by atoms with van der Waals surface area (Å²) in [4.78, 5) is 0. The molecule has 0 bridgehead atoms. The van der Waals surface area contributed by atoms with E-state index in [4.69, 9.17) is 29.5 Å². The Morgan fingerprint density at radius 2 is 1.41 bits per heavy atom. The van der Waals surface area contributed by atoms with Crippen molar-refractivity contribution >= 4 is 0 Å². The van der Waals surface area contributed by atoms with Gasteiger partial charge in [-0.15, -0.1) is 0 Å². The van der Waals surface area contributed by atoms with Crippen LogP contribution in [0.25, 0.3) is 0 Å². The molecule has 2 rings (SSSR count). The zero-order valence-electron chi connectivity index (χ0n) is 9.37. The second kappa shape index (κ2) is 5.95. The number of hydrogen-bond donors (Lipinski definition) is 0. The van der Waals surface area contributed by atoms with Crippen molar-refractivity contribution in [1.29, 1.82) is 10.5 Å². The van der Waals surface area contributed by atoms with Crippen molar-refractivity contribution in [3.8, 4) is 12.1 Å². The average molecular weight is 238 g/mol. The summed E-state index contributed by atoms with van der Waals surface area (Å²) in [5.41, 5.74) is 0. The van der Waals surface area contributed by atoms with Crippen LogP contribution < -0.4 is 0 Å². The third-order valence-electron chi connectivity index (χ3n) is 2.88. The molecule has 6 heteroatoms. The van der Waals surface area contributed by atoms with Crippen molar-refractivity contribution in [3.05, 3.63) is 0 Å². The topological polar surface area (TPSA) is 84.5 Å². The Morgan fingerprint density at radius 1 is 0.941 bits per heavy atom. The van der Waals surface area contributed by atoms with Crippen LogP contribution in [0.4, 0.5) is 0 Å². The zero-order valence-corrected chi connectivity index (χ0v) is 9.37. The van der Waals surface area contributed by atoms with Gasteiger partial charge in [0.15, 0.2) is 19.4 Å². The lowest BCUT2D eigenvalue weighted by molar-refractivity contribution is -0.234. The van der Waals surface area contributed by atoms with E-state index in [1.54, 1.807) is 0 Å². The number of rotatable bonds is 4. The standard InChI is InChI=1S/C11H14N2O4/c12-5-8-1-3-14-10(8)16-7-17-11-9(6-13)2-4-15-11/h8-11H,1-4,7H2. The minimum absolute atomic E-state index is 0.0221. The first-order valence-electron chi connectivity index (χ1n) is 5.61. The number of nitriles is 2. The molecule has 2 aliphatic heterocycles. The highest BCUT2D eigenvalue weighted by atomic mass is 16.8. The molecule has 2 fully saturated rings. The molecule has 0 N–H and O–H groups in total. The maximum atomic E-state index is 8.81. The Bertz CT molecular complexity index is 303. The average Bonchev–Trinajstić information content (AvgIpc) is 2.97. The second-order valence-electron chi connectivity index (χ2n) is 3.98. The van der Waals surface area contributed by atoms with Crippen LogP contribution in [-0.2, 0) is 18.9 Å². The summed E-state index contributed by atoms with van der Waals surface area (Å²) in [5.74, 6) is -0.482. The largest absolute Gasteiger partial charge is 0.351 e. The summed E-state index contributed by atoms with van der Waals surface area (Å²) in [6.45, 7) is 1.04. The monoisotopic (exact) mass is 238 g/mol. The Morgan fingerprint density at radius 3 is 1.82 bits per heavy atom. The van der Waals surface area contributed by atoms with Crippen molar-refractivity contribution in [3.63, 3.8) is 0 Å². The summed E-state index contributed by atoms with van der Waals surface area (Å²) in [5, 5.41) is 17.6. The molecule has 17 heavy (non-hydrogen) atoms. The SMILES string of the molecule is N#CC1CCOC1OCOC1OCCC1C#N. The van der Waals surface area contributed by atoms with Crippen molar-refractivity contribution in [2.24, 2.45) is 11.8 Å². The van der Waals surface area contributed by atoms with Crippen LogP contribution in [0.3, 0.4) is 0 Å². The molecule has 2 saturated heterocycles. The van der Waals surface area contributed by atoms with Crippen LogP contribution in [0.15, 0.2) is 0 Å². The molecular weight excluding hydrogens is 224 g/mol. The third-order valence-corrected chi connectivity index (χ3v) is 2.88. The van der Waals surface area contributed by atoms with E-state index >= 15 is 0 Å². The fourth-order valence-electron chi connectivity index (χ4n) is 1.88. The van der Waals surface area contributed by atoms with Gasteiger partial charge in [-0.2, -0.15) is 10.5 Å². The van der Waals surface area contributed by atoms with E-state index in [-0.39, 0.29) is 18.6 Å². The third kappa shape index (κ3) is 2.93. The van der Waals surface area contributed by atoms with Gasteiger partial charge in [0.05, 0.1) is 37.2 Å². The van der Waals surface area contributed by atoms with E-state index in [1.807, 2.05) is 0 Å². The second-order valence-corrected chi connectivity index (χ2v) is 3.98. The molecule has 0 aliphatic carbocycles. The highest BCUT2D eigenvalue weighted by Gasteiger charge is 2.31. The van der Waals surface area contributed by atoms with E-state index in [0.717, 1.165) is 0 Å². The minimum atomic E-state index is -0.526. The number of ether oxygens (including phenoxy) is 4. The van der Waals surface area contributed by atoms with Crippen LogP contribution in [0.1, 0.15) is 12.8 Å². The van der Waals surface area contributed by atoms with Gasteiger partial charge in [-0.05, 0) is 12.8 Å². The Hall–Kier alpha value is -1.18. The van der Waals surface area contributed by atoms with E-state index in [1.165, 1.54) is 0 Å². The normalized spacial score (nSPS) is 36.6. The first-order valence-corrected chi connectivity index (χ1v) is 5.61. The summed E-state index contributed by atoms with van der Waals surface area (Å²) in [6.07, 6.45) is 0.313. The lowest BCUT2D eigenvalue weighted by Gasteiger charge is -2.17. The lowest BCUT2D eigenvalue weighted by Crippen LogP contribution is -2.25. The molecule has 4 atom stereocenters. The molecule has 0 amide bonds. The molecule has 0 aromatic rings. The summed E-state index contributed by atoms with van der Waals surface area (Å²) >= 11 is 0. The molecule has 2 aliphatic rings. The van der Waals surface area contributed by atoms with Gasteiger partial charge in [0.2, 0.25) is 0 Å². The van der Waals surface area contributed by atoms with Crippen LogP contribution in [-0.4, -0.2) is 32.6 Å². The van der Waals surface area contributed by atoms with Crippen molar-refractivity contribution in [2.45, 2.75) is 25.4 Å². The van der Waals surface area contributed by atoms with Gasteiger partial charge in [-0.3, -0.25) is 0 Å². The van der Waals surface area contributed by atoms with Crippen LogP contribution >= 0.6 is 0 Å². The van der Waals surface area contributed by atoms with E-state index in [0.29, 0.717) is 26.1 Å². The predicted octanol–water partition coefficient (Wildman–Crippen LogP) is 0.749. The first-order chi connectivity index (χ1) is 8.35. The Labute approximate surface area is 99.6 Å². The maximum absolute atomic E-state index is 8.81. The van der Waals surface area contributed by atoms with Gasteiger partial charge in [0.1, 0.15) is 0 Å². The molecular formula is C11H14N2O4. The summed E-state index contributed by atoms with van der Waals surface area (Å²) in [6, 6.07) is 4.25. The Kier molecular flexibility index (Phi) is 4.29. The van der Waals surface area contributed by atoms with Gasteiger partial charge >= 0.3 is 0 Å². The molecule has 4 unspecified atom stereocenters. The smallest absolute Gasteiger partial charge is 0.176 e. The molecule has 6 nitrogen and oxygen atoms in total. The van der Waals surface area contributed by atoms with Crippen molar-refractivity contribution < 1.29 is 18.9 Å². The van der Waals surface area contributed by atoms with Gasteiger partial charge in [-0.25, -0.2) is 0 Å². The highest BCUT2D eigenvalue weighted by Crippen LogP contribution is 2.23. The number of nitrogens with zero attached hydrogens (tertiary/aromatic N) is 2. The molecule has 0 aromatic carbocycles. The quantitative estimate of drug-likeness (QED) is 0.672. The number of hydrogen-bond acceptors (Lipinski definition) is 6. The molecule has 92 valence electrons. The molecule has 0 aromatic heterocycles. The van der Waals surface area contributed by atoms with Gasteiger partial charge in [-0.1, -0.05) is 0 Å². The van der Waals surface area contributed by atoms with E-state index in [9.17, 15) is 0 Å². The van der Waals surface area contributed by atoms with Gasteiger partial charge < -0.3 is 18.9 Å². The lowest BCUT2D eigenvalue weighted by atomic mass is 10.1. The Balaban J connectivity index is 1.69. The van der Waals surface area contributed by atoms with E-state index < -0.39 is 12.6 Å². The fourth-order valence-corrected chi connectivity index (χ4v) is 1.88. The van der Waals surface area contributed by atoms with Crippen molar-refractivity contribution in [1.82, 2.24) is 0 Å². The fraction of sp³-hybridized carbons (Fsp3) is 0.818. The predicted molar refractivity (Wildman–Crippen MR) is 54.0 cm³/mol. The van der Waals surface area contributed by atoms with Gasteiger partial charge in [0, 0.05) is 0 Å². The van der Waals surface area contributed by atoms with Crippen LogP contribution in [0.5, 0.6) is 0 Å². The molecule has 2 heterocycles. The first kappa shape index (κ1) is 12.3. The molecule has 0 radical (unpaired) electrons. The van der Waals surface area contributed by atoms with Crippen LogP contribution in [0.2, 0.25) is 0 Å². The summed E-state index contributed by atoms with van der Waals surface area (Å²) in [7, 11) is 0. The molecule has 0 saturated carbocycles. The van der Waals surface area contributed by atoms with Crippen molar-refractivity contribution in [2.75, 3.05) is 20.0 Å². The zero-order chi connectivity index (χ0) is 12.1. The summed E-state index contributed by atoms with van der Waals surface area (Å²) < 4.78 is 21.1. The van der Waals surface area contributed by atoms with Crippen LogP contribution in [0, 0.1) is 34.5 Å². The highest BCUT2D eigenvalue weighted by molar-refractivity contribution is 4.89. The molecule has 0 spiro atoms. The van der Waals surface area contributed by atoms with E-state index in [2.05, 4.69) is 12.1 Å².